The molecule has 0 spiro atoms. The molecule has 1 aromatic carbocycles. The van der Waals surface area contributed by atoms with Crippen LogP contribution < -0.4 is 14.4 Å². The van der Waals surface area contributed by atoms with Gasteiger partial charge in [0.05, 0.1) is 10.6 Å². The summed E-state index contributed by atoms with van der Waals surface area (Å²) in [4.78, 5) is 28.6. The molecule has 1 aliphatic carbocycles. The number of benzene rings is 1. The number of ether oxygens (including phenoxy) is 1. The van der Waals surface area contributed by atoms with Gasteiger partial charge in [0.1, 0.15) is 12.3 Å². The highest BCUT2D eigenvalue weighted by atomic mass is 32.2. The van der Waals surface area contributed by atoms with Gasteiger partial charge in [-0.25, -0.2) is 13.1 Å². The summed E-state index contributed by atoms with van der Waals surface area (Å²) in [6, 6.07) is 4.44. The lowest BCUT2D eigenvalue weighted by Gasteiger charge is -2.31. The normalized spacial score (nSPS) is 20.6. The third kappa shape index (κ3) is 4.62. The van der Waals surface area contributed by atoms with Crippen molar-refractivity contribution in [3.8, 4) is 5.75 Å². The van der Waals surface area contributed by atoms with Gasteiger partial charge >= 0.3 is 0 Å². The molecule has 0 radical (unpaired) electrons. The number of carbonyl (C=O) groups excluding carboxylic acids is 2. The molecule has 0 unspecified atom stereocenters. The zero-order chi connectivity index (χ0) is 21.1. The highest BCUT2D eigenvalue weighted by Gasteiger charge is 2.31. The van der Waals surface area contributed by atoms with Crippen LogP contribution in [0.1, 0.15) is 51.4 Å². The Morgan fingerprint density at radius 2 is 1.77 bits per heavy atom. The predicted octanol–water partition coefficient (Wildman–Crippen LogP) is 2.04. The Morgan fingerprint density at radius 3 is 2.47 bits per heavy atom. The van der Waals surface area contributed by atoms with E-state index < -0.39 is 10.0 Å². The van der Waals surface area contributed by atoms with E-state index in [1.165, 1.54) is 17.0 Å². The molecule has 3 aliphatic rings. The van der Waals surface area contributed by atoms with Crippen LogP contribution >= 0.6 is 0 Å². The van der Waals surface area contributed by atoms with Gasteiger partial charge < -0.3 is 9.64 Å². The molecule has 30 heavy (non-hydrogen) atoms. The van der Waals surface area contributed by atoms with Crippen LogP contribution in [0.2, 0.25) is 0 Å². The van der Waals surface area contributed by atoms with Crippen molar-refractivity contribution in [2.75, 3.05) is 31.1 Å². The van der Waals surface area contributed by atoms with Gasteiger partial charge in [0.25, 0.3) is 5.91 Å². The smallest absolute Gasteiger partial charge is 0.265 e. The maximum atomic E-state index is 12.8. The van der Waals surface area contributed by atoms with Crippen molar-refractivity contribution in [1.82, 2.24) is 9.62 Å². The first-order valence-electron chi connectivity index (χ1n) is 10.8. The van der Waals surface area contributed by atoms with E-state index >= 15 is 0 Å². The minimum absolute atomic E-state index is 0.0513. The van der Waals surface area contributed by atoms with Gasteiger partial charge in [0, 0.05) is 19.1 Å². The second-order valence-corrected chi connectivity index (χ2v) is 10.0. The standard InChI is InChI=1S/C21H29N3O5S/c25-20(23-11-5-1-2-6-12-23)14-24-18-13-17(9-10-19(18)29-15-21(24)26)30(27,28)22-16-7-3-4-8-16/h9-10,13,16,22H,1-8,11-12,14-15H2. The minimum Gasteiger partial charge on any atom is -0.482 e. The lowest BCUT2D eigenvalue weighted by Crippen LogP contribution is -2.46. The Labute approximate surface area is 177 Å². The van der Waals surface area contributed by atoms with E-state index in [1.54, 1.807) is 11.0 Å². The zero-order valence-electron chi connectivity index (χ0n) is 17.1. The van der Waals surface area contributed by atoms with Crippen molar-refractivity contribution in [3.05, 3.63) is 18.2 Å². The molecule has 1 N–H and O–H groups in total. The largest absolute Gasteiger partial charge is 0.482 e. The molecule has 1 saturated heterocycles. The molecule has 2 aliphatic heterocycles. The molecular formula is C21H29N3O5S. The molecule has 8 nitrogen and oxygen atoms in total. The average Bonchev–Trinajstić information content (AvgIpc) is 3.07. The van der Waals surface area contributed by atoms with Crippen molar-refractivity contribution in [3.63, 3.8) is 0 Å². The lowest BCUT2D eigenvalue weighted by molar-refractivity contribution is -0.132. The third-order valence-electron chi connectivity index (χ3n) is 6.11. The number of rotatable bonds is 5. The fourth-order valence-corrected chi connectivity index (χ4v) is 5.73. The van der Waals surface area contributed by atoms with Crippen molar-refractivity contribution >= 4 is 27.5 Å². The van der Waals surface area contributed by atoms with Gasteiger partial charge in [0.15, 0.2) is 6.61 Å². The zero-order valence-corrected chi connectivity index (χ0v) is 18.0. The average molecular weight is 436 g/mol. The number of amides is 2. The van der Waals surface area contributed by atoms with E-state index in [4.69, 9.17) is 4.74 Å². The highest BCUT2D eigenvalue weighted by Crippen LogP contribution is 2.34. The summed E-state index contributed by atoms with van der Waals surface area (Å²) < 4.78 is 33.9. The summed E-state index contributed by atoms with van der Waals surface area (Å²) in [6.45, 7) is 1.13. The summed E-state index contributed by atoms with van der Waals surface area (Å²) in [7, 11) is -3.71. The Kier molecular flexibility index (Phi) is 6.29. The lowest BCUT2D eigenvalue weighted by atomic mass is 10.2. The number of hydrogen-bond donors (Lipinski definition) is 1. The SMILES string of the molecule is O=C(CN1C(=O)COc2ccc(S(=O)(=O)NC3CCCC3)cc21)N1CCCCCC1. The molecule has 1 aromatic rings. The molecule has 0 atom stereocenters. The van der Waals surface area contributed by atoms with Crippen LogP contribution in [0.15, 0.2) is 23.1 Å². The predicted molar refractivity (Wildman–Crippen MR) is 112 cm³/mol. The number of fused-ring (bicyclic) bond motifs is 1. The Hall–Kier alpha value is -2.13. The number of carbonyl (C=O) groups is 2. The number of nitrogens with one attached hydrogen (secondary N) is 1. The van der Waals surface area contributed by atoms with E-state index in [0.717, 1.165) is 51.4 Å². The molecular weight excluding hydrogens is 406 g/mol. The van der Waals surface area contributed by atoms with Crippen LogP contribution in [0.3, 0.4) is 0 Å². The Morgan fingerprint density at radius 1 is 1.07 bits per heavy atom. The maximum Gasteiger partial charge on any atom is 0.265 e. The second kappa shape index (κ2) is 8.93. The number of hydrogen-bond acceptors (Lipinski definition) is 5. The van der Waals surface area contributed by atoms with Crippen LogP contribution in [0.5, 0.6) is 5.75 Å². The van der Waals surface area contributed by atoms with Crippen LogP contribution in [-0.4, -0.2) is 57.4 Å². The van der Waals surface area contributed by atoms with E-state index in [2.05, 4.69) is 4.72 Å². The van der Waals surface area contributed by atoms with Crippen LogP contribution in [0.25, 0.3) is 0 Å². The fourth-order valence-electron chi connectivity index (χ4n) is 4.41. The number of sulfonamides is 1. The summed E-state index contributed by atoms with van der Waals surface area (Å²) in [5.41, 5.74) is 0.337. The molecule has 2 fully saturated rings. The van der Waals surface area contributed by atoms with Crippen LogP contribution in [0, 0.1) is 0 Å². The quantitative estimate of drug-likeness (QED) is 0.764. The van der Waals surface area contributed by atoms with E-state index in [1.807, 2.05) is 0 Å². The molecule has 1 saturated carbocycles. The molecule has 9 heteroatoms. The van der Waals surface area contributed by atoms with Crippen LogP contribution in [-0.2, 0) is 19.6 Å². The number of likely N-dealkylation sites (tertiary alicyclic amines) is 1. The monoisotopic (exact) mass is 435 g/mol. The summed E-state index contributed by atoms with van der Waals surface area (Å²) in [6.07, 6.45) is 7.86. The first kappa shape index (κ1) is 21.1. The molecule has 164 valence electrons. The van der Waals surface area contributed by atoms with Crippen molar-refractivity contribution in [2.24, 2.45) is 0 Å². The number of nitrogens with zero attached hydrogens (tertiary/aromatic N) is 2. The molecule has 2 amide bonds. The summed E-state index contributed by atoms with van der Waals surface area (Å²) in [5.74, 6) is -0.0440. The molecule has 0 bridgehead atoms. The van der Waals surface area contributed by atoms with Gasteiger partial charge in [-0.3, -0.25) is 14.5 Å². The van der Waals surface area contributed by atoms with E-state index in [9.17, 15) is 18.0 Å². The van der Waals surface area contributed by atoms with Gasteiger partial charge in [-0.15, -0.1) is 0 Å². The molecule has 2 heterocycles. The van der Waals surface area contributed by atoms with E-state index in [-0.39, 0.29) is 35.9 Å². The first-order chi connectivity index (χ1) is 14.4. The Bertz CT molecular complexity index is 903. The molecule has 4 rings (SSSR count). The van der Waals surface area contributed by atoms with Crippen molar-refractivity contribution in [1.29, 1.82) is 0 Å². The fraction of sp³-hybridized carbons (Fsp3) is 0.619. The van der Waals surface area contributed by atoms with Crippen LogP contribution in [0.4, 0.5) is 5.69 Å². The second-order valence-electron chi connectivity index (χ2n) is 8.30. The Balaban J connectivity index is 1.56. The highest BCUT2D eigenvalue weighted by molar-refractivity contribution is 7.89. The van der Waals surface area contributed by atoms with Gasteiger partial charge in [0.2, 0.25) is 15.9 Å². The number of anilines is 1. The maximum absolute atomic E-state index is 12.8. The topological polar surface area (TPSA) is 96.0 Å². The minimum atomic E-state index is -3.71. The van der Waals surface area contributed by atoms with Gasteiger partial charge in [-0.05, 0) is 43.9 Å². The van der Waals surface area contributed by atoms with Gasteiger partial charge in [-0.2, -0.15) is 0 Å². The van der Waals surface area contributed by atoms with Crippen molar-refractivity contribution < 1.29 is 22.7 Å². The van der Waals surface area contributed by atoms with Gasteiger partial charge in [-0.1, -0.05) is 25.7 Å². The summed E-state index contributed by atoms with van der Waals surface area (Å²) in [5, 5.41) is 0. The summed E-state index contributed by atoms with van der Waals surface area (Å²) >= 11 is 0. The van der Waals surface area contributed by atoms with Crippen molar-refractivity contribution in [2.45, 2.75) is 62.3 Å². The third-order valence-corrected chi connectivity index (χ3v) is 7.63. The van der Waals surface area contributed by atoms with E-state index in [0.29, 0.717) is 24.5 Å². The first-order valence-corrected chi connectivity index (χ1v) is 12.3. The molecule has 0 aromatic heterocycles.